The van der Waals surface area contributed by atoms with Gasteiger partial charge in [-0.3, -0.25) is 4.79 Å². The van der Waals surface area contributed by atoms with Gasteiger partial charge in [-0.25, -0.2) is 9.69 Å². The van der Waals surface area contributed by atoms with Crippen LogP contribution >= 0.6 is 30.1 Å². The van der Waals surface area contributed by atoms with Crippen LogP contribution in [0.15, 0.2) is 30.3 Å². The second kappa shape index (κ2) is 6.34. The van der Waals surface area contributed by atoms with Crippen LogP contribution in [0.3, 0.4) is 0 Å². The summed E-state index contributed by atoms with van der Waals surface area (Å²) in [6, 6.07) is 9.44. The molecule has 1 heterocycles. The van der Waals surface area contributed by atoms with Crippen LogP contribution < -0.4 is 0 Å². The summed E-state index contributed by atoms with van der Waals surface area (Å²) in [5, 5.41) is 0.0971. The fraction of sp³-hybridized carbons (Fsp3) is 0.429. The van der Waals surface area contributed by atoms with E-state index in [1.165, 1.54) is 4.90 Å². The first-order chi connectivity index (χ1) is 9.46. The van der Waals surface area contributed by atoms with Gasteiger partial charge >= 0.3 is 6.09 Å². The van der Waals surface area contributed by atoms with Crippen molar-refractivity contribution in [3.8, 4) is 0 Å². The van der Waals surface area contributed by atoms with E-state index in [9.17, 15) is 9.59 Å². The average molecular weight is 405 g/mol. The largest absolute Gasteiger partial charge is 0.444 e. The van der Waals surface area contributed by atoms with Gasteiger partial charge in [0.2, 0.25) is 5.91 Å². The third-order valence-corrected chi connectivity index (χ3v) is 6.27. The lowest BCUT2D eigenvalue weighted by molar-refractivity contribution is -0.128. The third-order valence-electron chi connectivity index (χ3n) is 3.47. The van der Waals surface area contributed by atoms with Gasteiger partial charge in [-0.1, -0.05) is 39.3 Å². The summed E-state index contributed by atoms with van der Waals surface area (Å²) in [5.41, 5.74) is 0.390. The van der Waals surface area contributed by atoms with E-state index in [1.54, 1.807) is 8.93 Å². The maximum absolute atomic E-state index is 12.2. The van der Waals surface area contributed by atoms with E-state index >= 15 is 0 Å². The number of hydrogen-bond donors (Lipinski definition) is 0. The molecule has 0 aliphatic carbocycles. The second-order valence-electron chi connectivity index (χ2n) is 5.20. The molecule has 0 N–H and O–H groups in total. The molecule has 1 aliphatic heterocycles. The smallest absolute Gasteiger partial charge is 0.417 e. The number of carbonyl (C=O) groups excluding carboxylic acids is 2. The molecule has 108 valence electrons. The van der Waals surface area contributed by atoms with Gasteiger partial charge in [0.25, 0.3) is 0 Å². The lowest BCUT2D eigenvalue weighted by atomic mass is 10.0. The summed E-state index contributed by atoms with van der Waals surface area (Å²) in [7, 11) is 1.58. The molecule has 1 aromatic carbocycles. The molecule has 1 saturated heterocycles. The van der Waals surface area contributed by atoms with Gasteiger partial charge in [0.15, 0.2) is 0 Å². The highest BCUT2D eigenvalue weighted by atomic mass is 127. The van der Waals surface area contributed by atoms with Crippen LogP contribution in [0.4, 0.5) is 4.79 Å². The second-order valence-corrected chi connectivity index (χ2v) is 7.48. The molecule has 0 radical (unpaired) electrons. The van der Waals surface area contributed by atoms with Gasteiger partial charge in [-0.15, -0.1) is 0 Å². The molecule has 0 saturated carbocycles. The van der Waals surface area contributed by atoms with Crippen molar-refractivity contribution in [2.75, 3.05) is 0 Å². The first-order valence-corrected chi connectivity index (χ1v) is 9.70. The van der Waals surface area contributed by atoms with E-state index in [0.717, 1.165) is 5.56 Å². The van der Waals surface area contributed by atoms with Crippen LogP contribution in [-0.2, 0) is 16.1 Å². The maximum atomic E-state index is 12.2. The molecule has 2 amide bonds. The number of carbonyl (C=O) groups is 2. The third kappa shape index (κ3) is 3.11. The molecule has 1 unspecified atom stereocenters. The first kappa shape index (κ1) is 15.6. The molecule has 1 aliphatic rings. The molecule has 1 fully saturated rings. The fourth-order valence-corrected chi connectivity index (χ4v) is 5.16. The van der Waals surface area contributed by atoms with E-state index < -0.39 is 11.6 Å². The number of hydrogen-bond acceptors (Lipinski definition) is 4. The lowest BCUT2D eigenvalue weighted by Gasteiger charge is -2.32. The van der Waals surface area contributed by atoms with Crippen molar-refractivity contribution in [3.63, 3.8) is 0 Å². The predicted molar refractivity (Wildman–Crippen MR) is 87.6 cm³/mol. The highest BCUT2D eigenvalue weighted by molar-refractivity contribution is 14.2. The zero-order valence-electron chi connectivity index (χ0n) is 11.3. The minimum Gasteiger partial charge on any atom is -0.444 e. The maximum Gasteiger partial charge on any atom is 0.417 e. The van der Waals surface area contributed by atoms with Gasteiger partial charge in [0, 0.05) is 11.7 Å². The Balaban J connectivity index is 2.03. The summed E-state index contributed by atoms with van der Waals surface area (Å²) in [4.78, 5) is 25.5. The van der Waals surface area contributed by atoms with Crippen molar-refractivity contribution in [2.24, 2.45) is 0 Å². The highest BCUT2D eigenvalue weighted by Gasteiger charge is 2.50. The van der Waals surface area contributed by atoms with Gasteiger partial charge in [-0.05, 0) is 40.6 Å². The molecular formula is C14H16INO3S. The minimum atomic E-state index is -0.559. The van der Waals surface area contributed by atoms with E-state index in [4.69, 9.17) is 4.74 Å². The van der Waals surface area contributed by atoms with Crippen LogP contribution in [0.2, 0.25) is 0 Å². The number of ether oxygens (including phenoxy) is 1. The summed E-state index contributed by atoms with van der Waals surface area (Å²) in [6.45, 7) is 3.98. The normalized spacial score (nSPS) is 21.1. The number of amides is 2. The Morgan fingerprint density at radius 3 is 2.65 bits per heavy atom. The van der Waals surface area contributed by atoms with Crippen LogP contribution in [0.5, 0.6) is 0 Å². The topological polar surface area (TPSA) is 46.6 Å². The predicted octanol–water partition coefficient (Wildman–Crippen LogP) is 3.79. The number of likely N-dealkylation sites (tertiary alicyclic amines) is 1. The molecule has 6 heteroatoms. The monoisotopic (exact) mass is 405 g/mol. The highest BCUT2D eigenvalue weighted by Crippen LogP contribution is 2.41. The molecule has 4 nitrogen and oxygen atoms in total. The molecule has 1 atom stereocenters. The van der Waals surface area contributed by atoms with Crippen molar-refractivity contribution >= 4 is 42.1 Å². The minimum absolute atomic E-state index is 0.0971. The molecule has 1 aromatic rings. The van der Waals surface area contributed by atoms with Crippen molar-refractivity contribution < 1.29 is 14.3 Å². The Morgan fingerprint density at radius 1 is 1.45 bits per heavy atom. The van der Waals surface area contributed by atoms with Crippen molar-refractivity contribution in [2.45, 2.75) is 37.7 Å². The zero-order chi connectivity index (χ0) is 14.8. The summed E-state index contributed by atoms with van der Waals surface area (Å²) in [6.07, 6.45) is -0.182. The average Bonchev–Trinajstić information content (AvgIpc) is 2.66. The Hall–Kier alpha value is -0.760. The van der Waals surface area contributed by atoms with E-state index in [1.807, 2.05) is 44.2 Å². The van der Waals surface area contributed by atoms with Crippen molar-refractivity contribution in [3.05, 3.63) is 35.9 Å². The standard InChI is InChI=1S/C14H16INO3S/c1-14(2)11(20-15)8-12(17)16(14)13(18)19-9-10-6-4-3-5-7-10/h3-7,11H,8-9H2,1-2H3. The van der Waals surface area contributed by atoms with Crippen molar-refractivity contribution in [1.29, 1.82) is 0 Å². The van der Waals surface area contributed by atoms with Gasteiger partial charge in [-0.2, -0.15) is 0 Å². The molecule has 0 bridgehead atoms. The van der Waals surface area contributed by atoms with Gasteiger partial charge < -0.3 is 4.74 Å². The Kier molecular flexibility index (Phi) is 4.95. The van der Waals surface area contributed by atoms with E-state index in [0.29, 0.717) is 6.42 Å². The quantitative estimate of drug-likeness (QED) is 0.719. The zero-order valence-corrected chi connectivity index (χ0v) is 14.3. The van der Waals surface area contributed by atoms with Crippen LogP contribution in [0, 0.1) is 0 Å². The Bertz CT molecular complexity index is 506. The Morgan fingerprint density at radius 2 is 2.10 bits per heavy atom. The van der Waals surface area contributed by atoms with E-state index in [2.05, 4.69) is 21.2 Å². The number of imide groups is 1. The van der Waals surface area contributed by atoms with Crippen molar-refractivity contribution in [1.82, 2.24) is 4.90 Å². The van der Waals surface area contributed by atoms with Gasteiger partial charge in [0.1, 0.15) is 6.61 Å². The molecular weight excluding hydrogens is 389 g/mol. The number of rotatable bonds is 3. The van der Waals surface area contributed by atoms with Crippen LogP contribution in [0.1, 0.15) is 25.8 Å². The molecule has 20 heavy (non-hydrogen) atoms. The van der Waals surface area contributed by atoms with Crippen LogP contribution in [-0.4, -0.2) is 27.7 Å². The van der Waals surface area contributed by atoms with Crippen LogP contribution in [0.25, 0.3) is 0 Å². The summed E-state index contributed by atoms with van der Waals surface area (Å²) in [5.74, 6) is -0.165. The lowest BCUT2D eigenvalue weighted by Crippen LogP contribution is -2.48. The molecule has 0 spiro atoms. The summed E-state index contributed by atoms with van der Waals surface area (Å²) < 4.78 is 5.27. The van der Waals surface area contributed by atoms with E-state index in [-0.39, 0.29) is 17.8 Å². The molecule has 0 aromatic heterocycles. The Labute approximate surface area is 134 Å². The summed E-state index contributed by atoms with van der Waals surface area (Å²) >= 11 is 2.17. The first-order valence-electron chi connectivity index (χ1n) is 6.28. The number of benzene rings is 1. The van der Waals surface area contributed by atoms with Gasteiger partial charge in [0.05, 0.1) is 5.54 Å². The number of nitrogens with zero attached hydrogens (tertiary/aromatic N) is 1. The number of halogens is 1. The SMILES string of the molecule is CC1(C)C(SI)CC(=O)N1C(=O)OCc1ccccc1. The fourth-order valence-electron chi connectivity index (χ4n) is 2.23. The molecule has 2 rings (SSSR count).